The molecule has 1 aromatic carbocycles. The largest absolute Gasteiger partial charge is 0.377 e. The second-order valence-electron chi connectivity index (χ2n) is 5.19. The van der Waals surface area contributed by atoms with Gasteiger partial charge in [-0.15, -0.1) is 0 Å². The average Bonchev–Trinajstić information content (AvgIpc) is 2.89. The molecule has 0 radical (unpaired) electrons. The smallest absolute Gasteiger partial charge is 0.241 e. The zero-order valence-corrected chi connectivity index (χ0v) is 12.8. The lowest BCUT2D eigenvalue weighted by Gasteiger charge is -2.14. The van der Waals surface area contributed by atoms with Crippen LogP contribution in [0.1, 0.15) is 37.3 Å². The summed E-state index contributed by atoms with van der Waals surface area (Å²) in [5.74, 6) is 5.76. The fourth-order valence-electron chi connectivity index (χ4n) is 2.31. The zero-order chi connectivity index (χ0) is 14.5. The molecule has 20 heavy (non-hydrogen) atoms. The quantitative estimate of drug-likeness (QED) is 0.496. The van der Waals surface area contributed by atoms with Crippen molar-refractivity contribution in [2.24, 2.45) is 5.84 Å². The summed E-state index contributed by atoms with van der Waals surface area (Å²) in [6, 6.07) is 8.18. The van der Waals surface area contributed by atoms with Crippen molar-refractivity contribution < 1.29 is 9.53 Å². The second kappa shape index (κ2) is 7.11. The van der Waals surface area contributed by atoms with Crippen LogP contribution < -0.4 is 11.3 Å². The average molecular weight is 294 g/mol. The van der Waals surface area contributed by atoms with Crippen LogP contribution in [0.3, 0.4) is 0 Å². The van der Waals surface area contributed by atoms with Gasteiger partial charge in [0.2, 0.25) is 5.91 Å². The molecule has 1 heterocycles. The highest BCUT2D eigenvalue weighted by molar-refractivity contribution is 7.99. The van der Waals surface area contributed by atoms with Crippen molar-refractivity contribution in [2.75, 3.05) is 6.61 Å². The van der Waals surface area contributed by atoms with Crippen LogP contribution in [-0.4, -0.2) is 23.9 Å². The summed E-state index contributed by atoms with van der Waals surface area (Å²) in [5.41, 5.74) is 4.45. The van der Waals surface area contributed by atoms with Crippen molar-refractivity contribution >= 4 is 17.7 Å². The Morgan fingerprint density at radius 2 is 2.20 bits per heavy atom. The van der Waals surface area contributed by atoms with E-state index in [1.165, 1.54) is 5.56 Å². The Morgan fingerprint density at radius 3 is 2.75 bits per heavy atom. The molecule has 0 aromatic heterocycles. The molecule has 1 aliphatic rings. The van der Waals surface area contributed by atoms with E-state index in [-0.39, 0.29) is 11.8 Å². The van der Waals surface area contributed by atoms with Crippen molar-refractivity contribution in [2.45, 2.75) is 43.3 Å². The van der Waals surface area contributed by atoms with Crippen LogP contribution in [0.15, 0.2) is 24.3 Å². The van der Waals surface area contributed by atoms with E-state index in [1.54, 1.807) is 0 Å². The van der Waals surface area contributed by atoms with Gasteiger partial charge in [0.15, 0.2) is 0 Å². The van der Waals surface area contributed by atoms with Gasteiger partial charge in [-0.25, -0.2) is 5.84 Å². The zero-order valence-electron chi connectivity index (χ0n) is 12.0. The highest BCUT2D eigenvalue weighted by atomic mass is 32.2. The molecule has 3 atom stereocenters. The molecule has 3 unspecified atom stereocenters. The van der Waals surface area contributed by atoms with Gasteiger partial charge in [-0.3, -0.25) is 10.2 Å². The van der Waals surface area contributed by atoms with Crippen molar-refractivity contribution in [3.63, 3.8) is 0 Å². The number of nitrogens with two attached hydrogens (primary N) is 1. The standard InChI is InChI=1S/C15H22N2O2S/c1-10(15(18)17-16)13-5-3-12(4-6-13)9-20-14-7-8-19-11(14)2/h3-6,10-11,14H,7-9,16H2,1-2H3,(H,17,18). The Morgan fingerprint density at radius 1 is 1.50 bits per heavy atom. The van der Waals surface area contributed by atoms with Crippen molar-refractivity contribution in [3.05, 3.63) is 35.4 Å². The maximum atomic E-state index is 11.5. The number of benzene rings is 1. The number of rotatable bonds is 5. The first-order valence-electron chi connectivity index (χ1n) is 6.94. The van der Waals surface area contributed by atoms with E-state index in [9.17, 15) is 4.79 Å². The first kappa shape index (κ1) is 15.4. The van der Waals surface area contributed by atoms with Crippen molar-refractivity contribution in [1.29, 1.82) is 0 Å². The molecule has 0 spiro atoms. The second-order valence-corrected chi connectivity index (χ2v) is 6.41. The van der Waals surface area contributed by atoms with E-state index < -0.39 is 0 Å². The molecular formula is C15H22N2O2S. The van der Waals surface area contributed by atoms with Gasteiger partial charge < -0.3 is 4.74 Å². The van der Waals surface area contributed by atoms with Gasteiger partial charge in [0, 0.05) is 17.6 Å². The minimum absolute atomic E-state index is 0.163. The first-order chi connectivity index (χ1) is 9.61. The third-order valence-corrected chi connectivity index (χ3v) is 5.33. The summed E-state index contributed by atoms with van der Waals surface area (Å²) in [6.07, 6.45) is 1.49. The number of hydrogen-bond donors (Lipinski definition) is 2. The molecule has 2 rings (SSSR count). The topological polar surface area (TPSA) is 64.4 Å². The Kier molecular flexibility index (Phi) is 5.46. The van der Waals surface area contributed by atoms with Crippen LogP contribution in [0.2, 0.25) is 0 Å². The van der Waals surface area contributed by atoms with Crippen LogP contribution in [0.4, 0.5) is 0 Å². The number of hydrogen-bond acceptors (Lipinski definition) is 4. The third-order valence-electron chi connectivity index (χ3n) is 3.79. The molecule has 0 bridgehead atoms. The number of carbonyl (C=O) groups excluding carboxylic acids is 1. The highest BCUT2D eigenvalue weighted by Gasteiger charge is 2.24. The van der Waals surface area contributed by atoms with Gasteiger partial charge in [0.1, 0.15) is 0 Å². The summed E-state index contributed by atoms with van der Waals surface area (Å²) >= 11 is 1.95. The molecule has 1 saturated heterocycles. The SMILES string of the molecule is CC(C(=O)NN)c1ccc(CSC2CCOC2C)cc1. The number of amides is 1. The molecule has 0 saturated carbocycles. The minimum Gasteiger partial charge on any atom is -0.377 e. The van der Waals surface area contributed by atoms with Crippen LogP contribution in [0, 0.1) is 0 Å². The van der Waals surface area contributed by atoms with Gasteiger partial charge in [-0.05, 0) is 31.4 Å². The molecule has 0 aliphatic carbocycles. The van der Waals surface area contributed by atoms with Gasteiger partial charge in [0.25, 0.3) is 0 Å². The summed E-state index contributed by atoms with van der Waals surface area (Å²) in [6.45, 7) is 4.87. The molecule has 5 heteroatoms. The normalized spacial score (nSPS) is 23.6. The molecule has 4 nitrogen and oxygen atoms in total. The Labute approximate surface area is 124 Å². The fourth-order valence-corrected chi connectivity index (χ4v) is 3.52. The van der Waals surface area contributed by atoms with Gasteiger partial charge >= 0.3 is 0 Å². The predicted molar refractivity (Wildman–Crippen MR) is 82.3 cm³/mol. The van der Waals surface area contributed by atoms with E-state index in [1.807, 2.05) is 30.8 Å². The van der Waals surface area contributed by atoms with E-state index in [2.05, 4.69) is 24.5 Å². The van der Waals surface area contributed by atoms with Crippen LogP contribution in [0.25, 0.3) is 0 Å². The molecule has 1 fully saturated rings. The number of carbonyl (C=O) groups is 1. The number of nitrogens with one attached hydrogen (secondary N) is 1. The summed E-state index contributed by atoms with van der Waals surface area (Å²) < 4.78 is 5.57. The van der Waals surface area contributed by atoms with Crippen LogP contribution >= 0.6 is 11.8 Å². The van der Waals surface area contributed by atoms with Crippen LogP contribution in [-0.2, 0) is 15.3 Å². The third kappa shape index (κ3) is 3.75. The predicted octanol–water partition coefficient (Wildman–Crippen LogP) is 2.19. The van der Waals surface area contributed by atoms with Crippen LogP contribution in [0.5, 0.6) is 0 Å². The van der Waals surface area contributed by atoms with Gasteiger partial charge in [0.05, 0.1) is 12.0 Å². The number of hydrazine groups is 1. The lowest BCUT2D eigenvalue weighted by molar-refractivity contribution is -0.122. The summed E-state index contributed by atoms with van der Waals surface area (Å²) in [7, 11) is 0. The monoisotopic (exact) mass is 294 g/mol. The molecule has 1 amide bonds. The van der Waals surface area contributed by atoms with Gasteiger partial charge in [-0.2, -0.15) is 11.8 Å². The Hall–Kier alpha value is -1.04. The molecular weight excluding hydrogens is 272 g/mol. The molecule has 1 aliphatic heterocycles. The number of ether oxygens (including phenoxy) is 1. The maximum absolute atomic E-state index is 11.5. The van der Waals surface area contributed by atoms with Crippen molar-refractivity contribution in [1.82, 2.24) is 5.43 Å². The highest BCUT2D eigenvalue weighted by Crippen LogP contribution is 2.29. The number of thioether (sulfide) groups is 1. The summed E-state index contributed by atoms with van der Waals surface area (Å²) in [5, 5.41) is 0.594. The molecule has 110 valence electrons. The van der Waals surface area contributed by atoms with E-state index >= 15 is 0 Å². The molecule has 1 aromatic rings. The van der Waals surface area contributed by atoms with E-state index in [0.717, 1.165) is 24.3 Å². The molecule has 3 N–H and O–H groups in total. The summed E-state index contributed by atoms with van der Waals surface area (Å²) in [4.78, 5) is 11.5. The fraction of sp³-hybridized carbons (Fsp3) is 0.533. The Balaban J connectivity index is 1.89. The lowest BCUT2D eigenvalue weighted by atomic mass is 9.99. The minimum atomic E-state index is -0.218. The maximum Gasteiger partial charge on any atom is 0.241 e. The van der Waals surface area contributed by atoms with Crippen molar-refractivity contribution in [3.8, 4) is 0 Å². The first-order valence-corrected chi connectivity index (χ1v) is 7.99. The van der Waals surface area contributed by atoms with Gasteiger partial charge in [-0.1, -0.05) is 24.3 Å². The Bertz CT molecular complexity index is 450. The van der Waals surface area contributed by atoms with E-state index in [0.29, 0.717) is 11.4 Å². The van der Waals surface area contributed by atoms with E-state index in [4.69, 9.17) is 10.6 Å². The lowest BCUT2D eigenvalue weighted by Crippen LogP contribution is -2.33.